The summed E-state index contributed by atoms with van der Waals surface area (Å²) in [6.45, 7) is 1.27. The number of sulfonamides is 1. The van der Waals surface area contributed by atoms with Crippen molar-refractivity contribution in [3.05, 3.63) is 72.8 Å². The van der Waals surface area contributed by atoms with E-state index in [1.54, 1.807) is 70.5 Å². The number of rotatable bonds is 4. The number of carbonyl (C=O) groups is 1. The third kappa shape index (κ3) is 3.54. The van der Waals surface area contributed by atoms with Crippen molar-refractivity contribution in [3.8, 4) is 5.69 Å². The molecular weight excluding hydrogens is 378 g/mol. The Labute approximate surface area is 163 Å². The lowest BCUT2D eigenvalue weighted by atomic mass is 10.1. The van der Waals surface area contributed by atoms with E-state index in [1.165, 1.54) is 10.6 Å². The second-order valence-electron chi connectivity index (χ2n) is 6.40. The van der Waals surface area contributed by atoms with E-state index in [2.05, 4.69) is 10.1 Å². The van der Waals surface area contributed by atoms with Gasteiger partial charge in [0.05, 0.1) is 10.6 Å². The number of aromatic nitrogens is 3. The van der Waals surface area contributed by atoms with E-state index in [0.717, 1.165) is 5.69 Å². The van der Waals surface area contributed by atoms with Crippen molar-refractivity contribution in [1.29, 1.82) is 0 Å². The maximum Gasteiger partial charge on any atom is 0.253 e. The van der Waals surface area contributed by atoms with Gasteiger partial charge in [0.25, 0.3) is 5.91 Å². The van der Waals surface area contributed by atoms with Gasteiger partial charge in [0.15, 0.2) is 0 Å². The van der Waals surface area contributed by atoms with E-state index in [-0.39, 0.29) is 23.9 Å². The maximum atomic E-state index is 12.7. The van der Waals surface area contributed by atoms with E-state index in [4.69, 9.17) is 0 Å². The van der Waals surface area contributed by atoms with Crippen LogP contribution in [0.15, 0.2) is 72.1 Å². The summed E-state index contributed by atoms with van der Waals surface area (Å²) in [5, 5.41) is 4.05. The van der Waals surface area contributed by atoms with Gasteiger partial charge < -0.3 is 4.90 Å². The van der Waals surface area contributed by atoms with Gasteiger partial charge in [0.1, 0.15) is 12.7 Å². The minimum Gasteiger partial charge on any atom is -0.336 e. The molecule has 144 valence electrons. The molecule has 28 heavy (non-hydrogen) atoms. The van der Waals surface area contributed by atoms with Crippen molar-refractivity contribution in [1.82, 2.24) is 24.0 Å². The van der Waals surface area contributed by atoms with Crippen molar-refractivity contribution < 1.29 is 13.2 Å². The van der Waals surface area contributed by atoms with Gasteiger partial charge in [0, 0.05) is 31.7 Å². The van der Waals surface area contributed by atoms with Crippen molar-refractivity contribution in [2.24, 2.45) is 0 Å². The number of amides is 1. The highest BCUT2D eigenvalue weighted by atomic mass is 32.2. The first kappa shape index (κ1) is 18.3. The molecule has 0 N–H and O–H groups in total. The Balaban J connectivity index is 1.41. The molecule has 4 rings (SSSR count). The molecule has 1 aliphatic heterocycles. The molecule has 2 aromatic carbocycles. The van der Waals surface area contributed by atoms with Crippen LogP contribution < -0.4 is 0 Å². The molecule has 0 bridgehead atoms. The predicted molar refractivity (Wildman–Crippen MR) is 102 cm³/mol. The smallest absolute Gasteiger partial charge is 0.253 e. The van der Waals surface area contributed by atoms with Crippen LogP contribution in [0.3, 0.4) is 0 Å². The highest BCUT2D eigenvalue weighted by Crippen LogP contribution is 2.18. The summed E-state index contributed by atoms with van der Waals surface area (Å²) in [5.74, 6) is -0.109. The first-order valence-corrected chi connectivity index (χ1v) is 10.3. The third-order valence-electron chi connectivity index (χ3n) is 4.70. The Hall–Kier alpha value is -3.04. The fourth-order valence-corrected chi connectivity index (χ4v) is 4.60. The summed E-state index contributed by atoms with van der Waals surface area (Å²) < 4.78 is 28.4. The van der Waals surface area contributed by atoms with Crippen molar-refractivity contribution in [2.75, 3.05) is 26.2 Å². The Bertz CT molecular complexity index is 1040. The molecule has 3 aromatic rings. The monoisotopic (exact) mass is 397 g/mol. The summed E-state index contributed by atoms with van der Waals surface area (Å²) >= 11 is 0. The van der Waals surface area contributed by atoms with Crippen LogP contribution in [0.2, 0.25) is 0 Å². The molecule has 1 aliphatic rings. The van der Waals surface area contributed by atoms with Crippen LogP contribution in [-0.2, 0) is 10.0 Å². The average Bonchev–Trinajstić information content (AvgIpc) is 3.29. The molecule has 0 radical (unpaired) electrons. The summed E-state index contributed by atoms with van der Waals surface area (Å²) in [7, 11) is -3.53. The normalized spacial score (nSPS) is 15.5. The highest BCUT2D eigenvalue weighted by Gasteiger charge is 2.30. The number of nitrogens with zero attached hydrogens (tertiary/aromatic N) is 5. The summed E-state index contributed by atoms with van der Waals surface area (Å²) in [5.41, 5.74) is 1.37. The van der Waals surface area contributed by atoms with Crippen LogP contribution in [0.4, 0.5) is 0 Å². The topological polar surface area (TPSA) is 88.4 Å². The Morgan fingerprint density at radius 2 is 1.57 bits per heavy atom. The van der Waals surface area contributed by atoms with Gasteiger partial charge >= 0.3 is 0 Å². The zero-order chi connectivity index (χ0) is 19.6. The number of benzene rings is 2. The van der Waals surface area contributed by atoms with E-state index >= 15 is 0 Å². The van der Waals surface area contributed by atoms with Gasteiger partial charge in [-0.1, -0.05) is 18.2 Å². The molecule has 0 spiro atoms. The van der Waals surface area contributed by atoms with E-state index in [9.17, 15) is 13.2 Å². The van der Waals surface area contributed by atoms with E-state index in [0.29, 0.717) is 18.7 Å². The molecule has 1 aromatic heterocycles. The van der Waals surface area contributed by atoms with Gasteiger partial charge in [-0.2, -0.15) is 9.40 Å². The molecule has 1 amide bonds. The van der Waals surface area contributed by atoms with E-state index < -0.39 is 10.0 Å². The first-order valence-electron chi connectivity index (χ1n) is 8.85. The summed E-state index contributed by atoms with van der Waals surface area (Å²) in [4.78, 5) is 18.6. The molecule has 0 aliphatic carbocycles. The zero-order valence-electron chi connectivity index (χ0n) is 15.0. The van der Waals surface area contributed by atoms with Gasteiger partial charge in [-0.25, -0.2) is 18.1 Å². The molecule has 2 heterocycles. The molecule has 0 unspecified atom stereocenters. The molecule has 8 nitrogen and oxygen atoms in total. The first-order chi connectivity index (χ1) is 13.6. The number of hydrogen-bond donors (Lipinski definition) is 0. The van der Waals surface area contributed by atoms with Gasteiger partial charge in [0.2, 0.25) is 10.0 Å². The summed E-state index contributed by atoms with van der Waals surface area (Å²) in [6.07, 6.45) is 3.03. The lowest BCUT2D eigenvalue weighted by molar-refractivity contribution is 0.0698. The van der Waals surface area contributed by atoms with Crippen molar-refractivity contribution >= 4 is 15.9 Å². The van der Waals surface area contributed by atoms with Gasteiger partial charge in [-0.05, 0) is 36.4 Å². The number of piperazine rings is 1. The predicted octanol–water partition coefficient (Wildman–Crippen LogP) is 1.41. The standard InChI is InChI=1S/C19H19N5O3S/c25-19(16-6-8-17(9-7-16)24-15-20-14-21-24)22-10-12-23(13-11-22)28(26,27)18-4-2-1-3-5-18/h1-9,14-15H,10-13H2. The fraction of sp³-hybridized carbons (Fsp3) is 0.211. The number of carbonyl (C=O) groups excluding carboxylic acids is 1. The van der Waals surface area contributed by atoms with Crippen LogP contribution in [0.1, 0.15) is 10.4 Å². The lowest BCUT2D eigenvalue weighted by Crippen LogP contribution is -2.50. The largest absolute Gasteiger partial charge is 0.336 e. The molecule has 0 atom stereocenters. The molecular formula is C19H19N5O3S. The fourth-order valence-electron chi connectivity index (χ4n) is 3.15. The number of hydrogen-bond acceptors (Lipinski definition) is 5. The average molecular weight is 397 g/mol. The summed E-state index contributed by atoms with van der Waals surface area (Å²) in [6, 6.07) is 15.5. The Morgan fingerprint density at radius 1 is 0.893 bits per heavy atom. The van der Waals surface area contributed by atoms with E-state index in [1.807, 2.05) is 0 Å². The minimum absolute atomic E-state index is 0.109. The van der Waals surface area contributed by atoms with Crippen molar-refractivity contribution in [3.63, 3.8) is 0 Å². The quantitative estimate of drug-likeness (QED) is 0.664. The Kier molecular flexibility index (Phi) is 4.93. The zero-order valence-corrected chi connectivity index (χ0v) is 15.9. The molecule has 1 fully saturated rings. The van der Waals surface area contributed by atoms with Gasteiger partial charge in [-0.3, -0.25) is 4.79 Å². The molecule has 9 heteroatoms. The van der Waals surface area contributed by atoms with Crippen LogP contribution in [-0.4, -0.2) is 64.5 Å². The van der Waals surface area contributed by atoms with Crippen LogP contribution in [0, 0.1) is 0 Å². The lowest BCUT2D eigenvalue weighted by Gasteiger charge is -2.34. The molecule has 0 saturated carbocycles. The van der Waals surface area contributed by atoms with Crippen LogP contribution >= 0.6 is 0 Å². The maximum absolute atomic E-state index is 12.7. The van der Waals surface area contributed by atoms with Crippen molar-refractivity contribution in [2.45, 2.75) is 4.90 Å². The highest BCUT2D eigenvalue weighted by molar-refractivity contribution is 7.89. The Morgan fingerprint density at radius 3 is 2.18 bits per heavy atom. The second-order valence-corrected chi connectivity index (χ2v) is 8.33. The molecule has 1 saturated heterocycles. The SMILES string of the molecule is O=C(c1ccc(-n2cncn2)cc1)N1CCN(S(=O)(=O)c2ccccc2)CC1. The third-order valence-corrected chi connectivity index (χ3v) is 6.62. The van der Waals surface area contributed by atoms with Crippen LogP contribution in [0.25, 0.3) is 5.69 Å². The van der Waals surface area contributed by atoms with Crippen LogP contribution in [0.5, 0.6) is 0 Å². The van der Waals surface area contributed by atoms with Gasteiger partial charge in [-0.15, -0.1) is 0 Å². The second kappa shape index (κ2) is 7.53. The minimum atomic E-state index is -3.53.